The van der Waals surface area contributed by atoms with Crippen LogP contribution >= 0.6 is 0 Å². The molecule has 0 saturated carbocycles. The van der Waals surface area contributed by atoms with Crippen molar-refractivity contribution in [1.82, 2.24) is 9.21 Å². The van der Waals surface area contributed by atoms with Gasteiger partial charge in [0.25, 0.3) is 5.91 Å². The van der Waals surface area contributed by atoms with Crippen LogP contribution in [0.5, 0.6) is 0 Å². The Morgan fingerprint density at radius 2 is 1.96 bits per heavy atom. The molecule has 2 saturated heterocycles. The molecule has 0 aromatic carbocycles. The van der Waals surface area contributed by atoms with E-state index >= 15 is 0 Å². The largest absolute Gasteiger partial charge is 0.456 e. The number of carbonyl (C=O) groups excluding carboxylic acids is 1. The van der Waals surface area contributed by atoms with Gasteiger partial charge in [-0.15, -0.1) is 0 Å². The predicted molar refractivity (Wildman–Crippen MR) is 83.7 cm³/mol. The third kappa shape index (κ3) is 3.44. The summed E-state index contributed by atoms with van der Waals surface area (Å²) in [5, 5.41) is 0. The van der Waals surface area contributed by atoms with E-state index in [1.54, 1.807) is 24.0 Å². The summed E-state index contributed by atoms with van der Waals surface area (Å²) in [6.45, 7) is 3.61. The van der Waals surface area contributed by atoms with Gasteiger partial charge in [-0.1, -0.05) is 0 Å². The zero-order valence-corrected chi connectivity index (χ0v) is 14.2. The number of amides is 1. The minimum atomic E-state index is -3.27. The fourth-order valence-corrected chi connectivity index (χ4v) is 4.50. The average molecular weight is 342 g/mol. The molecule has 3 heterocycles. The van der Waals surface area contributed by atoms with Gasteiger partial charge < -0.3 is 14.1 Å². The number of likely N-dealkylation sites (tertiary alicyclic amines) is 1. The maximum absolute atomic E-state index is 12.5. The molecule has 2 atom stereocenters. The lowest BCUT2D eigenvalue weighted by Crippen LogP contribution is -2.53. The van der Waals surface area contributed by atoms with E-state index in [1.807, 2.05) is 0 Å². The van der Waals surface area contributed by atoms with E-state index in [0.717, 1.165) is 0 Å². The van der Waals surface area contributed by atoms with Gasteiger partial charge in [0.1, 0.15) is 5.76 Å². The number of nitrogens with zero attached hydrogens (tertiary/aromatic N) is 2. The number of furan rings is 1. The van der Waals surface area contributed by atoms with E-state index in [9.17, 15) is 13.2 Å². The number of fused-ring (bicyclic) bond motifs is 1. The Balaban J connectivity index is 1.74. The molecule has 0 aliphatic carbocycles. The molecular weight excluding hydrogens is 320 g/mol. The fourth-order valence-electron chi connectivity index (χ4n) is 3.37. The first-order valence-electron chi connectivity index (χ1n) is 7.80. The molecule has 128 valence electrons. The molecule has 1 amide bonds. The van der Waals surface area contributed by atoms with E-state index in [0.29, 0.717) is 50.6 Å². The van der Waals surface area contributed by atoms with Crippen LogP contribution in [-0.2, 0) is 14.8 Å². The predicted octanol–water partition coefficient (Wildman–Crippen LogP) is 0.853. The monoisotopic (exact) mass is 342 g/mol. The number of sulfonamides is 1. The maximum atomic E-state index is 12.5. The van der Waals surface area contributed by atoms with Gasteiger partial charge in [-0.3, -0.25) is 4.79 Å². The summed E-state index contributed by atoms with van der Waals surface area (Å²) in [6, 6.07) is 3.24. The Morgan fingerprint density at radius 1 is 1.22 bits per heavy atom. The zero-order valence-electron chi connectivity index (χ0n) is 13.4. The molecule has 2 fully saturated rings. The van der Waals surface area contributed by atoms with Crippen LogP contribution < -0.4 is 0 Å². The standard InChI is InChI=1S/C15H22N2O5S/c1-11-3-4-14(22-11)15(18)16-7-5-12-13(6-8-16)21-10-9-17(12)23(2,19)20/h3-4,12-13H,5-10H2,1-2H3/t12-,13-/m1/s1. The van der Waals surface area contributed by atoms with E-state index in [4.69, 9.17) is 9.15 Å². The van der Waals surface area contributed by atoms with Crippen LogP contribution in [0, 0.1) is 6.92 Å². The van der Waals surface area contributed by atoms with Gasteiger partial charge in [-0.2, -0.15) is 4.31 Å². The molecule has 1 aromatic heterocycles. The van der Waals surface area contributed by atoms with Crippen molar-refractivity contribution in [2.45, 2.75) is 31.9 Å². The summed E-state index contributed by atoms with van der Waals surface area (Å²) >= 11 is 0. The molecule has 0 radical (unpaired) electrons. The summed E-state index contributed by atoms with van der Waals surface area (Å²) in [5.74, 6) is 0.874. The summed E-state index contributed by atoms with van der Waals surface area (Å²) in [4.78, 5) is 14.2. The first kappa shape index (κ1) is 16.5. The number of hydrogen-bond acceptors (Lipinski definition) is 5. The molecular formula is C15H22N2O5S. The summed E-state index contributed by atoms with van der Waals surface area (Å²) in [6.07, 6.45) is 2.27. The van der Waals surface area contributed by atoms with Gasteiger partial charge in [0.15, 0.2) is 5.76 Å². The summed E-state index contributed by atoms with van der Waals surface area (Å²) in [5.41, 5.74) is 0. The molecule has 2 aliphatic rings. The molecule has 8 heteroatoms. The molecule has 0 bridgehead atoms. The van der Waals surface area contributed by atoms with Gasteiger partial charge in [-0.25, -0.2) is 8.42 Å². The first-order chi connectivity index (χ1) is 10.9. The van der Waals surface area contributed by atoms with Crippen LogP contribution in [-0.4, -0.2) is 68.2 Å². The molecule has 0 unspecified atom stereocenters. The van der Waals surface area contributed by atoms with Crippen LogP contribution in [0.3, 0.4) is 0 Å². The van der Waals surface area contributed by atoms with Crippen molar-refractivity contribution in [3.63, 3.8) is 0 Å². The average Bonchev–Trinajstić information content (AvgIpc) is 2.81. The second kappa shape index (κ2) is 6.26. The second-order valence-corrected chi connectivity index (χ2v) is 8.07. The Bertz CT molecular complexity index is 684. The number of aryl methyl sites for hydroxylation is 1. The van der Waals surface area contributed by atoms with Gasteiger partial charge >= 0.3 is 0 Å². The highest BCUT2D eigenvalue weighted by atomic mass is 32.2. The number of rotatable bonds is 2. The van der Waals surface area contributed by atoms with Crippen molar-refractivity contribution >= 4 is 15.9 Å². The van der Waals surface area contributed by atoms with E-state index < -0.39 is 10.0 Å². The van der Waals surface area contributed by atoms with E-state index in [2.05, 4.69) is 0 Å². The second-order valence-electron chi connectivity index (χ2n) is 6.13. The minimum absolute atomic E-state index is 0.150. The van der Waals surface area contributed by atoms with Gasteiger partial charge in [-0.05, 0) is 31.9 Å². The quantitative estimate of drug-likeness (QED) is 0.796. The fraction of sp³-hybridized carbons (Fsp3) is 0.667. The molecule has 0 spiro atoms. The molecule has 7 nitrogen and oxygen atoms in total. The summed E-state index contributed by atoms with van der Waals surface area (Å²) < 4.78 is 36.6. The molecule has 2 aliphatic heterocycles. The number of carbonyl (C=O) groups is 1. The van der Waals surface area contributed by atoms with Crippen molar-refractivity contribution in [2.75, 3.05) is 32.5 Å². The normalized spacial score (nSPS) is 26.6. The first-order valence-corrected chi connectivity index (χ1v) is 9.65. The Hall–Kier alpha value is -1.38. The van der Waals surface area contributed by atoms with Crippen molar-refractivity contribution in [1.29, 1.82) is 0 Å². The number of hydrogen-bond donors (Lipinski definition) is 0. The maximum Gasteiger partial charge on any atom is 0.289 e. The van der Waals surface area contributed by atoms with Crippen molar-refractivity contribution in [2.24, 2.45) is 0 Å². The molecule has 0 N–H and O–H groups in total. The van der Waals surface area contributed by atoms with E-state index in [-0.39, 0.29) is 18.1 Å². The third-order valence-electron chi connectivity index (χ3n) is 4.49. The molecule has 3 rings (SSSR count). The third-order valence-corrected chi connectivity index (χ3v) is 5.79. The SMILES string of the molecule is Cc1ccc(C(=O)N2CC[C@@H]3[C@@H](CC2)OCCN3S(C)(=O)=O)o1. The van der Waals surface area contributed by atoms with Gasteiger partial charge in [0.05, 0.1) is 25.0 Å². The topological polar surface area (TPSA) is 80.1 Å². The highest BCUT2D eigenvalue weighted by molar-refractivity contribution is 7.88. The van der Waals surface area contributed by atoms with Crippen molar-refractivity contribution in [3.8, 4) is 0 Å². The van der Waals surface area contributed by atoms with Gasteiger partial charge in [0.2, 0.25) is 10.0 Å². The van der Waals surface area contributed by atoms with E-state index in [1.165, 1.54) is 10.6 Å². The number of morpholine rings is 1. The Kier molecular flexibility index (Phi) is 4.48. The Morgan fingerprint density at radius 3 is 2.61 bits per heavy atom. The highest BCUT2D eigenvalue weighted by Gasteiger charge is 2.39. The lowest BCUT2D eigenvalue weighted by atomic mass is 10.0. The van der Waals surface area contributed by atoms with Crippen LogP contribution in [0.25, 0.3) is 0 Å². The van der Waals surface area contributed by atoms with Crippen LogP contribution in [0.15, 0.2) is 16.5 Å². The zero-order chi connectivity index (χ0) is 16.6. The van der Waals surface area contributed by atoms with Crippen LogP contribution in [0.2, 0.25) is 0 Å². The minimum Gasteiger partial charge on any atom is -0.456 e. The number of ether oxygens (including phenoxy) is 1. The van der Waals surface area contributed by atoms with Crippen LogP contribution in [0.1, 0.15) is 29.2 Å². The molecule has 1 aromatic rings. The lowest BCUT2D eigenvalue weighted by Gasteiger charge is -2.38. The van der Waals surface area contributed by atoms with Crippen LogP contribution in [0.4, 0.5) is 0 Å². The highest BCUT2D eigenvalue weighted by Crippen LogP contribution is 2.26. The van der Waals surface area contributed by atoms with Crippen molar-refractivity contribution < 1.29 is 22.4 Å². The van der Waals surface area contributed by atoms with Gasteiger partial charge in [0, 0.05) is 19.6 Å². The smallest absolute Gasteiger partial charge is 0.289 e. The Labute approximate surface area is 136 Å². The summed E-state index contributed by atoms with van der Waals surface area (Å²) in [7, 11) is -3.27. The lowest BCUT2D eigenvalue weighted by molar-refractivity contribution is -0.0406. The van der Waals surface area contributed by atoms with Crippen molar-refractivity contribution in [3.05, 3.63) is 23.7 Å². The molecule has 23 heavy (non-hydrogen) atoms.